The first-order chi connectivity index (χ1) is 9.96. The number of hydrogen-bond acceptors (Lipinski definition) is 5. The molecule has 0 saturated carbocycles. The number of rotatable bonds is 6. The van der Waals surface area contributed by atoms with Crippen LogP contribution in [0.4, 0.5) is 9.59 Å². The Balaban J connectivity index is 4.69. The SMILES string of the molecule is CC(C)(C)OC(=O)N(CCCCCCN)C(=O)OC(C)(C)C. The molecule has 0 aliphatic rings. The van der Waals surface area contributed by atoms with Gasteiger partial charge in [0.25, 0.3) is 0 Å². The summed E-state index contributed by atoms with van der Waals surface area (Å²) in [7, 11) is 0. The number of nitrogens with zero attached hydrogens (tertiary/aromatic N) is 1. The molecule has 0 radical (unpaired) electrons. The van der Waals surface area contributed by atoms with Gasteiger partial charge in [0.2, 0.25) is 0 Å². The highest BCUT2D eigenvalue weighted by molar-refractivity contribution is 5.88. The van der Waals surface area contributed by atoms with E-state index in [9.17, 15) is 9.59 Å². The van der Waals surface area contributed by atoms with Gasteiger partial charge in [-0.3, -0.25) is 0 Å². The van der Waals surface area contributed by atoms with E-state index in [1.165, 1.54) is 0 Å². The first kappa shape index (κ1) is 20.7. The predicted octanol–water partition coefficient (Wildman–Crippen LogP) is 3.68. The summed E-state index contributed by atoms with van der Waals surface area (Å²) in [6.45, 7) is 11.5. The van der Waals surface area contributed by atoms with E-state index in [0.29, 0.717) is 13.0 Å². The Hall–Kier alpha value is -1.30. The van der Waals surface area contributed by atoms with Crippen molar-refractivity contribution >= 4 is 12.2 Å². The Labute approximate surface area is 134 Å². The Bertz CT molecular complexity index is 328. The summed E-state index contributed by atoms with van der Waals surface area (Å²) < 4.78 is 10.6. The molecule has 0 bridgehead atoms. The summed E-state index contributed by atoms with van der Waals surface area (Å²) in [6.07, 6.45) is 2.20. The summed E-state index contributed by atoms with van der Waals surface area (Å²) in [5, 5.41) is 0. The standard InChI is InChI=1S/C16H32N2O4/c1-15(2,3)21-13(19)18(12-10-8-7-9-11-17)14(20)22-16(4,5)6/h7-12,17H2,1-6H3. The van der Waals surface area contributed by atoms with Crippen LogP contribution in [0.5, 0.6) is 0 Å². The van der Waals surface area contributed by atoms with Crippen LogP contribution in [0.2, 0.25) is 0 Å². The maximum Gasteiger partial charge on any atom is 0.419 e. The predicted molar refractivity (Wildman–Crippen MR) is 86.7 cm³/mol. The van der Waals surface area contributed by atoms with E-state index in [-0.39, 0.29) is 6.54 Å². The van der Waals surface area contributed by atoms with Crippen molar-refractivity contribution < 1.29 is 19.1 Å². The van der Waals surface area contributed by atoms with Crippen LogP contribution in [0, 0.1) is 0 Å². The zero-order valence-electron chi connectivity index (χ0n) is 14.9. The van der Waals surface area contributed by atoms with Crippen molar-refractivity contribution in [3.05, 3.63) is 0 Å². The molecule has 0 aliphatic carbocycles. The number of hydrogen-bond donors (Lipinski definition) is 1. The third-order valence-electron chi connectivity index (χ3n) is 2.56. The number of unbranched alkanes of at least 4 members (excludes halogenated alkanes) is 3. The highest BCUT2D eigenvalue weighted by Crippen LogP contribution is 2.15. The fourth-order valence-electron chi connectivity index (χ4n) is 1.66. The Kier molecular flexibility index (Phi) is 8.45. The third kappa shape index (κ3) is 10.4. The van der Waals surface area contributed by atoms with E-state index in [1.807, 2.05) is 0 Å². The van der Waals surface area contributed by atoms with Crippen LogP contribution in [0.25, 0.3) is 0 Å². The van der Waals surface area contributed by atoms with Crippen molar-refractivity contribution in [3.8, 4) is 0 Å². The molecule has 0 saturated heterocycles. The first-order valence-corrected chi connectivity index (χ1v) is 7.90. The van der Waals surface area contributed by atoms with E-state index in [1.54, 1.807) is 41.5 Å². The molecule has 6 nitrogen and oxygen atoms in total. The Morgan fingerprint density at radius 3 is 1.59 bits per heavy atom. The van der Waals surface area contributed by atoms with Crippen LogP contribution in [-0.4, -0.2) is 41.4 Å². The molecule has 6 heteroatoms. The first-order valence-electron chi connectivity index (χ1n) is 7.90. The van der Waals surface area contributed by atoms with Crippen LogP contribution < -0.4 is 5.73 Å². The monoisotopic (exact) mass is 316 g/mol. The van der Waals surface area contributed by atoms with Gasteiger partial charge in [-0.05, 0) is 60.9 Å². The minimum atomic E-state index is -0.666. The summed E-state index contributed by atoms with van der Waals surface area (Å²) in [5.74, 6) is 0. The minimum Gasteiger partial charge on any atom is -0.443 e. The summed E-state index contributed by atoms with van der Waals surface area (Å²) >= 11 is 0. The van der Waals surface area contributed by atoms with Crippen LogP contribution in [0.3, 0.4) is 0 Å². The van der Waals surface area contributed by atoms with Crippen molar-refractivity contribution in [3.63, 3.8) is 0 Å². The molecule has 2 amide bonds. The average Bonchev–Trinajstić information content (AvgIpc) is 2.28. The highest BCUT2D eigenvalue weighted by Gasteiger charge is 2.30. The number of amides is 2. The van der Waals surface area contributed by atoms with Crippen LogP contribution in [0.1, 0.15) is 67.2 Å². The van der Waals surface area contributed by atoms with E-state index in [0.717, 1.165) is 24.2 Å². The molecule has 0 atom stereocenters. The van der Waals surface area contributed by atoms with Crippen molar-refractivity contribution in [2.45, 2.75) is 78.4 Å². The summed E-state index contributed by atoms with van der Waals surface area (Å²) in [6, 6.07) is 0. The highest BCUT2D eigenvalue weighted by atomic mass is 16.6. The quantitative estimate of drug-likeness (QED) is 0.756. The second kappa shape index (κ2) is 8.98. The lowest BCUT2D eigenvalue weighted by atomic mass is 10.2. The van der Waals surface area contributed by atoms with Crippen molar-refractivity contribution in [2.75, 3.05) is 13.1 Å². The zero-order valence-corrected chi connectivity index (χ0v) is 14.9. The van der Waals surface area contributed by atoms with Gasteiger partial charge in [-0.15, -0.1) is 0 Å². The Morgan fingerprint density at radius 1 is 0.818 bits per heavy atom. The molecule has 0 heterocycles. The second-order valence-corrected chi connectivity index (χ2v) is 7.32. The topological polar surface area (TPSA) is 81.9 Å². The van der Waals surface area contributed by atoms with Crippen LogP contribution >= 0.6 is 0 Å². The normalized spacial score (nSPS) is 12.0. The van der Waals surface area contributed by atoms with Gasteiger partial charge in [0.05, 0.1) is 0 Å². The molecule has 0 rings (SSSR count). The molecule has 0 fully saturated rings. The number of imide groups is 1. The second-order valence-electron chi connectivity index (χ2n) is 7.32. The van der Waals surface area contributed by atoms with Gasteiger partial charge in [-0.25, -0.2) is 14.5 Å². The lowest BCUT2D eigenvalue weighted by molar-refractivity contribution is 0.00119. The minimum absolute atomic E-state index is 0.286. The van der Waals surface area contributed by atoms with E-state index in [2.05, 4.69) is 0 Å². The van der Waals surface area contributed by atoms with E-state index >= 15 is 0 Å². The molecule has 130 valence electrons. The fraction of sp³-hybridized carbons (Fsp3) is 0.875. The third-order valence-corrected chi connectivity index (χ3v) is 2.56. The van der Waals surface area contributed by atoms with Gasteiger partial charge in [0, 0.05) is 6.54 Å². The lowest BCUT2D eigenvalue weighted by Gasteiger charge is -2.28. The number of carbonyl (C=O) groups excluding carboxylic acids is 2. The maximum absolute atomic E-state index is 12.2. The number of nitrogens with two attached hydrogens (primary N) is 1. The molecule has 0 aliphatic heterocycles. The largest absolute Gasteiger partial charge is 0.443 e. The van der Waals surface area contributed by atoms with Crippen LogP contribution in [-0.2, 0) is 9.47 Å². The van der Waals surface area contributed by atoms with Crippen molar-refractivity contribution in [2.24, 2.45) is 5.73 Å². The molecule has 0 aromatic heterocycles. The van der Waals surface area contributed by atoms with Gasteiger partial charge in [0.1, 0.15) is 11.2 Å². The summed E-state index contributed by atoms with van der Waals surface area (Å²) in [4.78, 5) is 25.4. The average molecular weight is 316 g/mol. The molecule has 0 unspecified atom stereocenters. The molecular formula is C16H32N2O4. The Morgan fingerprint density at radius 2 is 1.23 bits per heavy atom. The molecule has 0 aromatic carbocycles. The van der Waals surface area contributed by atoms with E-state index in [4.69, 9.17) is 15.2 Å². The number of carbonyl (C=O) groups is 2. The molecule has 0 spiro atoms. The molecular weight excluding hydrogens is 284 g/mol. The van der Waals surface area contributed by atoms with Gasteiger partial charge < -0.3 is 15.2 Å². The molecule has 22 heavy (non-hydrogen) atoms. The molecule has 0 aromatic rings. The van der Waals surface area contributed by atoms with Crippen molar-refractivity contribution in [1.29, 1.82) is 0 Å². The zero-order chi connectivity index (χ0) is 17.4. The van der Waals surface area contributed by atoms with Gasteiger partial charge in [0.15, 0.2) is 0 Å². The van der Waals surface area contributed by atoms with Crippen LogP contribution in [0.15, 0.2) is 0 Å². The van der Waals surface area contributed by atoms with Crippen molar-refractivity contribution in [1.82, 2.24) is 4.90 Å². The molecule has 2 N–H and O–H groups in total. The number of ether oxygens (including phenoxy) is 2. The summed E-state index contributed by atoms with van der Waals surface area (Å²) in [5.41, 5.74) is 4.14. The smallest absolute Gasteiger partial charge is 0.419 e. The van der Waals surface area contributed by atoms with Gasteiger partial charge >= 0.3 is 12.2 Å². The van der Waals surface area contributed by atoms with E-state index < -0.39 is 23.4 Å². The maximum atomic E-state index is 12.2. The fourth-order valence-corrected chi connectivity index (χ4v) is 1.66. The van der Waals surface area contributed by atoms with Gasteiger partial charge in [-0.2, -0.15) is 0 Å². The van der Waals surface area contributed by atoms with Gasteiger partial charge in [-0.1, -0.05) is 12.8 Å². The lowest BCUT2D eigenvalue weighted by Crippen LogP contribution is -2.44.